The van der Waals surface area contributed by atoms with E-state index < -0.39 is 11.7 Å². The average molecular weight is 377 g/mol. The minimum atomic E-state index is -0.591. The number of hydrogen-bond donors (Lipinski definition) is 1. The Morgan fingerprint density at radius 2 is 1.70 bits per heavy atom. The topological polar surface area (TPSA) is 53.0 Å². The molecule has 2 rings (SSSR count). The fraction of sp³-hybridized carbons (Fsp3) is 0.682. The Morgan fingerprint density at radius 3 is 2.26 bits per heavy atom. The second kappa shape index (κ2) is 8.61. The van der Waals surface area contributed by atoms with Crippen LogP contribution in [0.2, 0.25) is 0 Å². The summed E-state index contributed by atoms with van der Waals surface area (Å²) in [7, 11) is 0. The molecule has 0 saturated carbocycles. The van der Waals surface area contributed by atoms with Crippen LogP contribution in [0.5, 0.6) is 0 Å². The van der Waals surface area contributed by atoms with Gasteiger partial charge < -0.3 is 14.7 Å². The molecule has 1 aliphatic rings. The van der Waals surface area contributed by atoms with E-state index in [9.17, 15) is 9.90 Å². The van der Waals surface area contributed by atoms with Crippen molar-refractivity contribution in [2.75, 3.05) is 19.6 Å². The van der Waals surface area contributed by atoms with Crippen LogP contribution in [0.4, 0.5) is 4.79 Å². The van der Waals surface area contributed by atoms with Gasteiger partial charge in [-0.1, -0.05) is 51.1 Å². The predicted octanol–water partition coefficient (Wildman–Crippen LogP) is 3.91. The Morgan fingerprint density at radius 1 is 1.07 bits per heavy atom. The van der Waals surface area contributed by atoms with Crippen molar-refractivity contribution in [3.63, 3.8) is 0 Å². The number of carbonyl (C=O) groups excluding carboxylic acids is 1. The summed E-state index contributed by atoms with van der Waals surface area (Å²) in [5.41, 5.74) is 0.792. The van der Waals surface area contributed by atoms with Crippen molar-refractivity contribution in [3.8, 4) is 0 Å². The van der Waals surface area contributed by atoms with Gasteiger partial charge in [-0.05, 0) is 38.2 Å². The molecule has 5 nitrogen and oxygen atoms in total. The van der Waals surface area contributed by atoms with E-state index in [4.69, 9.17) is 4.74 Å². The van der Waals surface area contributed by atoms with Gasteiger partial charge in [0.1, 0.15) is 5.60 Å². The molecule has 1 N–H and O–H groups in total. The van der Waals surface area contributed by atoms with Crippen LogP contribution < -0.4 is 0 Å². The maximum atomic E-state index is 12.7. The summed E-state index contributed by atoms with van der Waals surface area (Å²) in [6, 6.07) is 10.5. The fourth-order valence-corrected chi connectivity index (χ4v) is 3.56. The summed E-state index contributed by atoms with van der Waals surface area (Å²) >= 11 is 0. The molecule has 0 aliphatic carbocycles. The lowest BCUT2D eigenvalue weighted by Gasteiger charge is -2.36. The standard InChI is InChI=1S/C22H36N2O3/c1-21(2,3)12-18-14-24(20(26)27-22(4,5)6)16-19(25)15-23(18)13-17-10-8-7-9-11-17/h7-11,18-19,25H,12-16H2,1-6H3. The van der Waals surface area contributed by atoms with Crippen LogP contribution in [0.3, 0.4) is 0 Å². The molecule has 2 unspecified atom stereocenters. The Balaban J connectivity index is 2.21. The third-order valence-corrected chi connectivity index (χ3v) is 4.55. The number of rotatable bonds is 3. The monoisotopic (exact) mass is 376 g/mol. The van der Waals surface area contributed by atoms with E-state index in [1.54, 1.807) is 4.90 Å². The van der Waals surface area contributed by atoms with Crippen molar-refractivity contribution in [1.29, 1.82) is 0 Å². The molecule has 1 aliphatic heterocycles. The fourth-order valence-electron chi connectivity index (χ4n) is 3.56. The lowest BCUT2D eigenvalue weighted by atomic mass is 9.87. The van der Waals surface area contributed by atoms with Gasteiger partial charge in [0.05, 0.1) is 12.6 Å². The third-order valence-electron chi connectivity index (χ3n) is 4.55. The number of amides is 1. The van der Waals surface area contributed by atoms with Crippen molar-refractivity contribution in [1.82, 2.24) is 9.80 Å². The third kappa shape index (κ3) is 7.51. The summed E-state index contributed by atoms with van der Waals surface area (Å²) < 4.78 is 5.57. The normalized spacial score (nSPS) is 22.4. The zero-order chi connectivity index (χ0) is 20.2. The first-order valence-electron chi connectivity index (χ1n) is 9.87. The highest BCUT2D eigenvalue weighted by Gasteiger charge is 2.35. The van der Waals surface area contributed by atoms with E-state index in [0.29, 0.717) is 19.6 Å². The van der Waals surface area contributed by atoms with Crippen LogP contribution in [0, 0.1) is 5.41 Å². The Bertz CT molecular complexity index is 604. The van der Waals surface area contributed by atoms with Crippen molar-refractivity contribution < 1.29 is 14.6 Å². The Kier molecular flexibility index (Phi) is 6.92. The number of benzene rings is 1. The summed E-state index contributed by atoms with van der Waals surface area (Å²) in [4.78, 5) is 16.7. The van der Waals surface area contributed by atoms with Crippen LogP contribution in [-0.2, 0) is 11.3 Å². The lowest BCUT2D eigenvalue weighted by Crippen LogP contribution is -2.45. The number of aliphatic hydroxyl groups excluding tert-OH is 1. The van der Waals surface area contributed by atoms with Crippen LogP contribution in [-0.4, -0.2) is 58.4 Å². The number of aliphatic hydroxyl groups is 1. The van der Waals surface area contributed by atoms with Gasteiger partial charge in [0.2, 0.25) is 0 Å². The zero-order valence-corrected chi connectivity index (χ0v) is 17.7. The van der Waals surface area contributed by atoms with Crippen molar-refractivity contribution in [2.24, 2.45) is 5.41 Å². The first-order chi connectivity index (χ1) is 12.4. The quantitative estimate of drug-likeness (QED) is 0.869. The second-order valence-corrected chi connectivity index (χ2v) is 9.87. The molecule has 1 amide bonds. The molecule has 0 aromatic heterocycles. The van der Waals surface area contributed by atoms with Gasteiger partial charge in [0.25, 0.3) is 0 Å². The van der Waals surface area contributed by atoms with Crippen molar-refractivity contribution in [3.05, 3.63) is 35.9 Å². The molecule has 0 bridgehead atoms. The van der Waals surface area contributed by atoms with Crippen LogP contribution in [0.15, 0.2) is 30.3 Å². The van der Waals surface area contributed by atoms with Crippen LogP contribution >= 0.6 is 0 Å². The molecule has 2 atom stereocenters. The first-order valence-corrected chi connectivity index (χ1v) is 9.87. The molecule has 1 heterocycles. The zero-order valence-electron chi connectivity index (χ0n) is 17.7. The van der Waals surface area contributed by atoms with Gasteiger partial charge in [-0.15, -0.1) is 0 Å². The largest absolute Gasteiger partial charge is 0.444 e. The highest BCUT2D eigenvalue weighted by molar-refractivity contribution is 5.68. The molecule has 152 valence electrons. The summed E-state index contributed by atoms with van der Waals surface area (Å²) in [6.07, 6.45) is -0.000473. The molecule has 1 saturated heterocycles. The van der Waals surface area contributed by atoms with Gasteiger partial charge in [-0.25, -0.2) is 4.79 Å². The molecule has 1 aromatic carbocycles. The van der Waals surface area contributed by atoms with E-state index in [2.05, 4.69) is 37.8 Å². The summed E-state index contributed by atoms with van der Waals surface area (Å²) in [6.45, 7) is 14.4. The van der Waals surface area contributed by atoms with Gasteiger partial charge >= 0.3 is 6.09 Å². The van der Waals surface area contributed by atoms with Crippen LogP contribution in [0.1, 0.15) is 53.5 Å². The SMILES string of the molecule is CC(C)(C)CC1CN(C(=O)OC(C)(C)C)CC(O)CN1Cc1ccccc1. The van der Waals surface area contributed by atoms with E-state index in [1.165, 1.54) is 5.56 Å². The molecular weight excluding hydrogens is 340 g/mol. The molecule has 0 spiro atoms. The Hall–Kier alpha value is -1.59. The molecule has 1 fully saturated rings. The molecular formula is C22H36N2O3. The lowest BCUT2D eigenvalue weighted by molar-refractivity contribution is 0.0167. The van der Waals surface area contributed by atoms with Gasteiger partial charge in [-0.2, -0.15) is 0 Å². The smallest absolute Gasteiger partial charge is 0.410 e. The number of carbonyl (C=O) groups is 1. The van der Waals surface area contributed by atoms with E-state index in [1.807, 2.05) is 39.0 Å². The van der Waals surface area contributed by atoms with Crippen molar-refractivity contribution >= 4 is 6.09 Å². The van der Waals surface area contributed by atoms with Crippen molar-refractivity contribution in [2.45, 2.75) is 72.3 Å². The first kappa shape index (κ1) is 21.7. The summed E-state index contributed by atoms with van der Waals surface area (Å²) in [5, 5.41) is 10.6. The minimum Gasteiger partial charge on any atom is -0.444 e. The number of hydrogen-bond acceptors (Lipinski definition) is 4. The molecule has 27 heavy (non-hydrogen) atoms. The number of nitrogens with zero attached hydrogens (tertiary/aromatic N) is 2. The van der Waals surface area contributed by atoms with E-state index >= 15 is 0 Å². The Labute approximate surface area is 164 Å². The van der Waals surface area contributed by atoms with Gasteiger partial charge in [0.15, 0.2) is 0 Å². The molecule has 1 aromatic rings. The predicted molar refractivity (Wildman–Crippen MR) is 109 cm³/mol. The minimum absolute atomic E-state index is 0.120. The van der Waals surface area contributed by atoms with Gasteiger partial charge in [-0.3, -0.25) is 4.90 Å². The van der Waals surface area contributed by atoms with E-state index in [-0.39, 0.29) is 17.6 Å². The van der Waals surface area contributed by atoms with Gasteiger partial charge in [0, 0.05) is 25.7 Å². The maximum absolute atomic E-state index is 12.7. The van der Waals surface area contributed by atoms with E-state index in [0.717, 1.165) is 13.0 Å². The van der Waals surface area contributed by atoms with Crippen LogP contribution in [0.25, 0.3) is 0 Å². The number of β-amino-alcohol motifs (C(OH)–C–C–N with tert-alkyl or cyclic N) is 1. The average Bonchev–Trinajstić information content (AvgIpc) is 2.64. The highest BCUT2D eigenvalue weighted by Crippen LogP contribution is 2.27. The number of ether oxygens (including phenoxy) is 1. The second-order valence-electron chi connectivity index (χ2n) is 9.87. The highest BCUT2D eigenvalue weighted by atomic mass is 16.6. The maximum Gasteiger partial charge on any atom is 0.410 e. The molecule has 5 heteroatoms. The molecule has 0 radical (unpaired) electrons. The summed E-state index contributed by atoms with van der Waals surface area (Å²) in [5.74, 6) is 0.